The van der Waals surface area contributed by atoms with E-state index in [1.165, 1.54) is 0 Å². The molecule has 0 aromatic carbocycles. The molecular formula is C13H18N2O3. The molecule has 0 radical (unpaired) electrons. The highest BCUT2D eigenvalue weighted by atomic mass is 16.4. The Kier molecular flexibility index (Phi) is 5.84. The van der Waals surface area contributed by atoms with Crippen molar-refractivity contribution >= 4 is 11.9 Å². The molecule has 5 nitrogen and oxygen atoms in total. The fourth-order valence-corrected chi connectivity index (χ4v) is 1.73. The fraction of sp³-hybridized carbons (Fsp3) is 0.462. The van der Waals surface area contributed by atoms with Crippen molar-refractivity contribution < 1.29 is 14.7 Å². The molecule has 1 heterocycles. The number of hydrogen-bond donors (Lipinski definition) is 2. The second-order valence-corrected chi connectivity index (χ2v) is 4.15. The van der Waals surface area contributed by atoms with E-state index < -0.39 is 5.97 Å². The summed E-state index contributed by atoms with van der Waals surface area (Å²) < 4.78 is 0. The van der Waals surface area contributed by atoms with E-state index in [1.807, 2.05) is 13.0 Å². The summed E-state index contributed by atoms with van der Waals surface area (Å²) in [4.78, 5) is 26.5. The third kappa shape index (κ3) is 5.43. The summed E-state index contributed by atoms with van der Waals surface area (Å²) in [5.74, 6) is -1.08. The minimum absolute atomic E-state index is 0.0399. The number of carbonyl (C=O) groups is 2. The number of nitrogens with zero attached hydrogens (tertiary/aromatic N) is 1. The van der Waals surface area contributed by atoms with E-state index in [-0.39, 0.29) is 24.8 Å². The average molecular weight is 250 g/mol. The van der Waals surface area contributed by atoms with Gasteiger partial charge in [-0.25, -0.2) is 0 Å². The Morgan fingerprint density at radius 2 is 2.22 bits per heavy atom. The maximum Gasteiger partial charge on any atom is 0.305 e. The van der Waals surface area contributed by atoms with Crippen LogP contribution in [0.3, 0.4) is 0 Å². The molecule has 1 aromatic heterocycles. The van der Waals surface area contributed by atoms with Crippen LogP contribution in [0.1, 0.15) is 31.9 Å². The third-order valence-electron chi connectivity index (χ3n) is 2.49. The summed E-state index contributed by atoms with van der Waals surface area (Å²) in [5, 5.41) is 11.5. The first-order valence-corrected chi connectivity index (χ1v) is 6.03. The molecule has 1 aromatic rings. The van der Waals surface area contributed by atoms with Crippen LogP contribution in [0.5, 0.6) is 0 Å². The highest BCUT2D eigenvalue weighted by Crippen LogP contribution is 2.03. The predicted molar refractivity (Wildman–Crippen MR) is 67.0 cm³/mol. The maximum atomic E-state index is 11.7. The normalized spacial score (nSPS) is 11.8. The number of nitrogens with one attached hydrogen (secondary N) is 1. The van der Waals surface area contributed by atoms with E-state index in [0.717, 1.165) is 6.42 Å². The lowest BCUT2D eigenvalue weighted by Crippen LogP contribution is -2.37. The molecule has 1 atom stereocenters. The van der Waals surface area contributed by atoms with Crippen molar-refractivity contribution in [1.82, 2.24) is 10.3 Å². The van der Waals surface area contributed by atoms with Gasteiger partial charge in [0.25, 0.3) is 0 Å². The SMILES string of the molecule is CCCC(CC(=O)O)NC(=O)Cc1ccccn1. The van der Waals surface area contributed by atoms with Crippen molar-refractivity contribution in [2.75, 3.05) is 0 Å². The summed E-state index contributed by atoms with van der Waals surface area (Å²) in [7, 11) is 0. The van der Waals surface area contributed by atoms with Gasteiger partial charge < -0.3 is 10.4 Å². The van der Waals surface area contributed by atoms with Crippen LogP contribution in [0.15, 0.2) is 24.4 Å². The second-order valence-electron chi connectivity index (χ2n) is 4.15. The lowest BCUT2D eigenvalue weighted by Gasteiger charge is -2.15. The summed E-state index contributed by atoms with van der Waals surface area (Å²) >= 11 is 0. The maximum absolute atomic E-state index is 11.7. The second kappa shape index (κ2) is 7.42. The van der Waals surface area contributed by atoms with Crippen LogP contribution in [-0.4, -0.2) is 28.0 Å². The summed E-state index contributed by atoms with van der Waals surface area (Å²) in [6.07, 6.45) is 3.27. The van der Waals surface area contributed by atoms with Gasteiger partial charge in [0.05, 0.1) is 12.8 Å². The molecule has 0 saturated carbocycles. The number of carbonyl (C=O) groups excluding carboxylic acids is 1. The van der Waals surface area contributed by atoms with Crippen LogP contribution in [0, 0.1) is 0 Å². The summed E-state index contributed by atoms with van der Waals surface area (Å²) in [6.45, 7) is 1.96. The molecule has 0 fully saturated rings. The first-order chi connectivity index (χ1) is 8.61. The molecule has 2 N–H and O–H groups in total. The number of carboxylic acid groups (broad SMARTS) is 1. The third-order valence-corrected chi connectivity index (χ3v) is 2.49. The van der Waals surface area contributed by atoms with E-state index in [9.17, 15) is 9.59 Å². The van der Waals surface area contributed by atoms with Gasteiger partial charge in [0, 0.05) is 17.9 Å². The van der Waals surface area contributed by atoms with Crippen LogP contribution < -0.4 is 5.32 Å². The molecule has 0 aliphatic carbocycles. The Hall–Kier alpha value is -1.91. The Bertz CT molecular complexity index is 392. The van der Waals surface area contributed by atoms with Crippen molar-refractivity contribution in [3.8, 4) is 0 Å². The largest absolute Gasteiger partial charge is 0.481 e. The van der Waals surface area contributed by atoms with Gasteiger partial charge in [0.2, 0.25) is 5.91 Å². The molecule has 1 rings (SSSR count). The Labute approximate surface area is 106 Å². The number of rotatable bonds is 7. The zero-order valence-electron chi connectivity index (χ0n) is 10.4. The number of aromatic nitrogens is 1. The van der Waals surface area contributed by atoms with E-state index in [0.29, 0.717) is 12.1 Å². The topological polar surface area (TPSA) is 79.3 Å². The lowest BCUT2D eigenvalue weighted by molar-refractivity contribution is -0.137. The Morgan fingerprint density at radius 1 is 1.44 bits per heavy atom. The monoisotopic (exact) mass is 250 g/mol. The highest BCUT2D eigenvalue weighted by molar-refractivity contribution is 5.79. The molecule has 0 bridgehead atoms. The van der Waals surface area contributed by atoms with E-state index >= 15 is 0 Å². The molecule has 0 spiro atoms. The zero-order chi connectivity index (χ0) is 13.4. The lowest BCUT2D eigenvalue weighted by atomic mass is 10.1. The number of amides is 1. The van der Waals surface area contributed by atoms with Gasteiger partial charge in [-0.15, -0.1) is 0 Å². The van der Waals surface area contributed by atoms with Crippen LogP contribution in [0.2, 0.25) is 0 Å². The number of hydrogen-bond acceptors (Lipinski definition) is 3. The van der Waals surface area contributed by atoms with E-state index in [2.05, 4.69) is 10.3 Å². The summed E-state index contributed by atoms with van der Waals surface area (Å²) in [6, 6.07) is 5.07. The van der Waals surface area contributed by atoms with Crippen LogP contribution in [0.25, 0.3) is 0 Å². The first-order valence-electron chi connectivity index (χ1n) is 6.03. The van der Waals surface area contributed by atoms with Crippen molar-refractivity contribution in [3.63, 3.8) is 0 Å². The molecule has 1 unspecified atom stereocenters. The smallest absolute Gasteiger partial charge is 0.305 e. The van der Waals surface area contributed by atoms with Gasteiger partial charge in [-0.05, 0) is 18.6 Å². The molecule has 0 aliphatic heterocycles. The van der Waals surface area contributed by atoms with Gasteiger partial charge >= 0.3 is 5.97 Å². The fourth-order valence-electron chi connectivity index (χ4n) is 1.73. The van der Waals surface area contributed by atoms with Crippen molar-refractivity contribution in [3.05, 3.63) is 30.1 Å². The molecular weight excluding hydrogens is 232 g/mol. The van der Waals surface area contributed by atoms with Crippen molar-refractivity contribution in [2.24, 2.45) is 0 Å². The minimum Gasteiger partial charge on any atom is -0.481 e. The predicted octanol–water partition coefficient (Wildman–Crippen LogP) is 1.38. The van der Waals surface area contributed by atoms with Crippen molar-refractivity contribution in [2.45, 2.75) is 38.6 Å². The Morgan fingerprint density at radius 3 is 2.78 bits per heavy atom. The standard InChI is InChI=1S/C13H18N2O3/c1-2-5-11(9-13(17)18)15-12(16)8-10-6-3-4-7-14-10/h3-4,6-7,11H,2,5,8-9H2,1H3,(H,15,16)(H,17,18). The first kappa shape index (κ1) is 14.2. The van der Waals surface area contributed by atoms with Gasteiger partial charge in [-0.1, -0.05) is 19.4 Å². The quantitative estimate of drug-likeness (QED) is 0.766. The van der Waals surface area contributed by atoms with Crippen LogP contribution in [0.4, 0.5) is 0 Å². The molecule has 98 valence electrons. The van der Waals surface area contributed by atoms with Gasteiger partial charge in [0.15, 0.2) is 0 Å². The molecule has 18 heavy (non-hydrogen) atoms. The highest BCUT2D eigenvalue weighted by Gasteiger charge is 2.15. The number of carboxylic acids is 1. The average Bonchev–Trinajstić information content (AvgIpc) is 2.29. The molecule has 1 amide bonds. The van der Waals surface area contributed by atoms with Crippen molar-refractivity contribution in [1.29, 1.82) is 0 Å². The minimum atomic E-state index is -0.897. The van der Waals surface area contributed by atoms with Crippen LogP contribution in [-0.2, 0) is 16.0 Å². The molecule has 5 heteroatoms. The number of aliphatic carboxylic acids is 1. The zero-order valence-corrected chi connectivity index (χ0v) is 10.4. The van der Waals surface area contributed by atoms with E-state index in [4.69, 9.17) is 5.11 Å². The van der Waals surface area contributed by atoms with Gasteiger partial charge in [0.1, 0.15) is 0 Å². The van der Waals surface area contributed by atoms with Crippen LogP contribution >= 0.6 is 0 Å². The van der Waals surface area contributed by atoms with Gasteiger partial charge in [-0.3, -0.25) is 14.6 Å². The van der Waals surface area contributed by atoms with Gasteiger partial charge in [-0.2, -0.15) is 0 Å². The number of pyridine rings is 1. The van der Waals surface area contributed by atoms with E-state index in [1.54, 1.807) is 18.3 Å². The molecule has 0 aliphatic rings. The summed E-state index contributed by atoms with van der Waals surface area (Å²) in [5.41, 5.74) is 0.681. The molecule has 0 saturated heterocycles. The Balaban J connectivity index is 2.48.